The van der Waals surface area contributed by atoms with E-state index < -0.39 is 9.23 Å². The van der Waals surface area contributed by atoms with Gasteiger partial charge in [0.05, 0.1) is 0 Å². The predicted molar refractivity (Wildman–Crippen MR) is 36.3 cm³/mol. The zero-order chi connectivity index (χ0) is 5.21. The van der Waals surface area contributed by atoms with Gasteiger partial charge in [-0.1, -0.05) is 0 Å². The molecule has 0 aliphatic carbocycles. The molecule has 0 atom stereocenters. The minimum absolute atomic E-state index is 1.91. The zero-order valence-corrected chi connectivity index (χ0v) is 10.7. The van der Waals surface area contributed by atoms with Crippen molar-refractivity contribution in [1.82, 2.24) is 0 Å². The minimum atomic E-state index is -2.03. The number of halogens is 3. The third-order valence-corrected chi connectivity index (χ3v) is 9.84. The molecular weight excluding hydrogens is 448 g/mol. The molecule has 4 heteroatoms. The molecule has 0 bridgehead atoms. The van der Waals surface area contributed by atoms with E-state index in [9.17, 15) is 0 Å². The van der Waals surface area contributed by atoms with Gasteiger partial charge in [0.1, 0.15) is 0 Å². The first-order valence-corrected chi connectivity index (χ1v) is 21.9. The van der Waals surface area contributed by atoms with E-state index in [4.69, 9.17) is 0 Å². The second-order valence-electron chi connectivity index (χ2n) is 0.611. The fraction of sp³-hybridized carbons (Fsp3) is 0.500. The summed E-state index contributed by atoms with van der Waals surface area (Å²) in [7, 11) is -2.03. The summed E-state index contributed by atoms with van der Waals surface area (Å²) in [4.78, 5) is 0. The van der Waals surface area contributed by atoms with Crippen LogP contribution in [0.25, 0.3) is 0 Å². The van der Waals surface area contributed by atoms with Gasteiger partial charge in [0.25, 0.3) is 0 Å². The molecule has 38 valence electrons. The summed E-state index contributed by atoms with van der Waals surface area (Å²) >= 11 is 10.2. The van der Waals surface area contributed by atoms with E-state index in [1.807, 2.05) is 6.92 Å². The average molecular weight is 451 g/mol. The Morgan fingerprint density at radius 3 is 1.50 bits per heavy atom. The Bertz CT molecular complexity index is 116. The fourth-order valence-electron chi connectivity index (χ4n) is 0. The molecule has 0 spiro atoms. The Morgan fingerprint density at radius 1 is 1.33 bits per heavy atom. The molecule has 0 aromatic heterocycles. The third kappa shape index (κ3) is 5.91. The molecule has 0 aromatic carbocycles. The van der Waals surface area contributed by atoms with E-state index in [0.29, 0.717) is 0 Å². The van der Waals surface area contributed by atoms with E-state index in [2.05, 4.69) is 44.1 Å². The van der Waals surface area contributed by atoms with E-state index in [1.165, 1.54) is 0 Å². The van der Waals surface area contributed by atoms with Gasteiger partial charge in [-0.3, -0.25) is 0 Å². The summed E-state index contributed by atoms with van der Waals surface area (Å²) in [6.45, 7) is 1.91. The van der Waals surface area contributed by atoms with Crippen LogP contribution < -0.4 is 0 Å². The van der Waals surface area contributed by atoms with Crippen molar-refractivity contribution in [3.8, 4) is 4.20 Å². The van der Waals surface area contributed by atoms with Gasteiger partial charge in [-0.25, -0.2) is 0 Å². The van der Waals surface area contributed by atoms with E-state index in [1.54, 1.807) is 0 Å². The standard InChI is InChI=1S/C2H3.3BrH.W/c1-2;;;;/h1H3;3*1H;/q;;;;+3/p-3. The average Bonchev–Trinajstić information content (AvgIpc) is 1.35. The Hall–Kier alpha value is 1.91. The predicted octanol–water partition coefficient (Wildman–Crippen LogP) is 3.05. The first-order valence-electron chi connectivity index (χ1n) is 1.17. The van der Waals surface area contributed by atoms with Gasteiger partial charge >= 0.3 is 60.2 Å². The van der Waals surface area contributed by atoms with Gasteiger partial charge in [-0.2, -0.15) is 0 Å². The molecule has 6 heavy (non-hydrogen) atoms. The summed E-state index contributed by atoms with van der Waals surface area (Å²) in [6, 6.07) is 0. The van der Waals surface area contributed by atoms with E-state index >= 15 is 0 Å². The molecule has 0 saturated heterocycles. The van der Waals surface area contributed by atoms with Crippen molar-refractivity contribution in [3.05, 3.63) is 0 Å². The van der Waals surface area contributed by atoms with Crippen LogP contribution in [0.15, 0.2) is 0 Å². The van der Waals surface area contributed by atoms with Crippen LogP contribution in [0.4, 0.5) is 0 Å². The van der Waals surface area contributed by atoms with Gasteiger partial charge in [-0.15, -0.1) is 0 Å². The van der Waals surface area contributed by atoms with Crippen LogP contribution in [0, 0.1) is 4.20 Å². The molecule has 0 aromatic rings. The van der Waals surface area contributed by atoms with E-state index in [-0.39, 0.29) is 0 Å². The quantitative estimate of drug-likeness (QED) is 0.532. The Labute approximate surface area is 59.4 Å². The number of rotatable bonds is 0. The molecular formula is C2H3Br3W. The maximum atomic E-state index is 3.41. The summed E-state index contributed by atoms with van der Waals surface area (Å²) in [5, 5.41) is 0. The molecule has 0 unspecified atom stereocenters. The molecule has 0 aliphatic heterocycles. The van der Waals surface area contributed by atoms with Crippen LogP contribution in [-0.2, 0) is 9.23 Å². The summed E-state index contributed by atoms with van der Waals surface area (Å²) in [5.74, 6) is 0. The molecule has 0 heterocycles. The summed E-state index contributed by atoms with van der Waals surface area (Å²) < 4.78 is 3.06. The second-order valence-corrected chi connectivity index (χ2v) is 50.2. The SMILES string of the molecule is C[C]#[W]([Br])([Br])[Br]. The van der Waals surface area contributed by atoms with Crippen molar-refractivity contribution in [3.63, 3.8) is 0 Å². The van der Waals surface area contributed by atoms with Crippen LogP contribution in [0.3, 0.4) is 0 Å². The second kappa shape index (κ2) is 3.04. The van der Waals surface area contributed by atoms with Crippen molar-refractivity contribution in [2.45, 2.75) is 6.92 Å². The molecule has 0 saturated carbocycles. The van der Waals surface area contributed by atoms with Crippen LogP contribution in [0.1, 0.15) is 6.92 Å². The maximum absolute atomic E-state index is 3.41. The van der Waals surface area contributed by atoms with E-state index in [0.717, 1.165) is 0 Å². The molecule has 0 nitrogen and oxygen atoms in total. The molecule has 0 amide bonds. The first-order chi connectivity index (χ1) is 2.56. The van der Waals surface area contributed by atoms with Crippen LogP contribution in [-0.4, -0.2) is 0 Å². The molecule has 0 radical (unpaired) electrons. The Balaban J connectivity index is 4.07. The van der Waals surface area contributed by atoms with Crippen LogP contribution in [0.2, 0.25) is 0 Å². The summed E-state index contributed by atoms with van der Waals surface area (Å²) in [5.41, 5.74) is 0. The van der Waals surface area contributed by atoms with Gasteiger partial charge < -0.3 is 0 Å². The Morgan fingerprint density at radius 2 is 1.50 bits per heavy atom. The first kappa shape index (κ1) is 7.91. The normalized spacial score (nSPS) is 10.7. The zero-order valence-electron chi connectivity index (χ0n) is 3.04. The monoisotopic (exact) mass is 448 g/mol. The van der Waals surface area contributed by atoms with Gasteiger partial charge in [0, 0.05) is 0 Å². The van der Waals surface area contributed by atoms with Crippen molar-refractivity contribution >= 4 is 39.9 Å². The number of hydrogen-bond acceptors (Lipinski definition) is 0. The topological polar surface area (TPSA) is 0 Å². The van der Waals surface area contributed by atoms with Gasteiger partial charge in [0.2, 0.25) is 0 Å². The summed E-state index contributed by atoms with van der Waals surface area (Å²) in [6.07, 6.45) is 0. The molecule has 0 aliphatic rings. The van der Waals surface area contributed by atoms with Crippen molar-refractivity contribution < 1.29 is 9.23 Å². The Kier molecular flexibility index (Phi) is 4.01. The van der Waals surface area contributed by atoms with Crippen molar-refractivity contribution in [1.29, 1.82) is 0 Å². The van der Waals surface area contributed by atoms with Crippen molar-refractivity contribution in [2.75, 3.05) is 0 Å². The van der Waals surface area contributed by atoms with Crippen molar-refractivity contribution in [2.24, 2.45) is 0 Å². The third-order valence-electron chi connectivity index (χ3n) is 0.231. The fourth-order valence-corrected chi connectivity index (χ4v) is 0. The number of hydrogen-bond donors (Lipinski definition) is 0. The van der Waals surface area contributed by atoms with Gasteiger partial charge in [0.15, 0.2) is 0 Å². The molecule has 0 rings (SSSR count). The molecule has 0 N–H and O–H groups in total. The van der Waals surface area contributed by atoms with Crippen LogP contribution >= 0.6 is 39.9 Å². The molecule has 0 fully saturated rings. The van der Waals surface area contributed by atoms with Crippen LogP contribution in [0.5, 0.6) is 0 Å². The van der Waals surface area contributed by atoms with Gasteiger partial charge in [-0.05, 0) is 0 Å².